The number of hydrogen-bond acceptors (Lipinski definition) is 2. The first-order valence-electron chi connectivity index (χ1n) is 6.11. The van der Waals surface area contributed by atoms with E-state index in [0.717, 1.165) is 4.90 Å². The summed E-state index contributed by atoms with van der Waals surface area (Å²) in [6.45, 7) is 2.32. The maximum absolute atomic E-state index is 12.2. The van der Waals surface area contributed by atoms with Crippen LogP contribution in [0.2, 0.25) is 0 Å². The molecule has 0 aromatic heterocycles. The van der Waals surface area contributed by atoms with Gasteiger partial charge in [0.15, 0.2) is 0 Å². The molecule has 1 fully saturated rings. The summed E-state index contributed by atoms with van der Waals surface area (Å²) in [6.07, 6.45) is -0.856. The zero-order valence-corrected chi connectivity index (χ0v) is 10.7. The Hall–Kier alpha value is -1.53. The van der Waals surface area contributed by atoms with Crippen molar-refractivity contribution in [3.8, 4) is 0 Å². The zero-order chi connectivity index (χ0) is 14.5. The van der Waals surface area contributed by atoms with Crippen LogP contribution in [0.15, 0.2) is 12.2 Å². The van der Waals surface area contributed by atoms with Gasteiger partial charge in [-0.05, 0) is 31.8 Å². The molecular formula is C12H17F3N2O2. The van der Waals surface area contributed by atoms with Crippen molar-refractivity contribution in [1.82, 2.24) is 10.2 Å². The number of likely N-dealkylation sites (tertiary alicyclic amines) is 1. The van der Waals surface area contributed by atoms with Crippen LogP contribution in [0.4, 0.5) is 13.2 Å². The minimum Gasteiger partial charge on any atom is -0.352 e. The monoisotopic (exact) mass is 278 g/mol. The number of hydrogen-bond donors (Lipinski definition) is 1. The largest absolute Gasteiger partial charge is 0.471 e. The van der Waals surface area contributed by atoms with E-state index >= 15 is 0 Å². The molecule has 19 heavy (non-hydrogen) atoms. The number of rotatable bonds is 3. The second-order valence-corrected chi connectivity index (χ2v) is 4.48. The van der Waals surface area contributed by atoms with Crippen molar-refractivity contribution < 1.29 is 22.8 Å². The number of halogens is 3. The van der Waals surface area contributed by atoms with E-state index in [9.17, 15) is 22.8 Å². The molecule has 108 valence electrons. The number of nitrogens with one attached hydrogen (secondary N) is 1. The second-order valence-electron chi connectivity index (χ2n) is 4.48. The fraction of sp³-hybridized carbons (Fsp3) is 0.667. The van der Waals surface area contributed by atoms with Crippen LogP contribution >= 0.6 is 0 Å². The summed E-state index contributed by atoms with van der Waals surface area (Å²) < 4.78 is 36.6. The van der Waals surface area contributed by atoms with Crippen molar-refractivity contribution >= 4 is 11.8 Å². The van der Waals surface area contributed by atoms with Crippen molar-refractivity contribution in [3.05, 3.63) is 12.2 Å². The van der Waals surface area contributed by atoms with Crippen LogP contribution in [0.25, 0.3) is 0 Å². The van der Waals surface area contributed by atoms with Gasteiger partial charge in [-0.15, -0.1) is 0 Å². The lowest BCUT2D eigenvalue weighted by Gasteiger charge is -2.32. The van der Waals surface area contributed by atoms with E-state index in [1.165, 1.54) is 6.08 Å². The molecule has 4 nitrogen and oxygen atoms in total. The smallest absolute Gasteiger partial charge is 0.352 e. The van der Waals surface area contributed by atoms with Crippen LogP contribution in [0.3, 0.4) is 0 Å². The first-order valence-corrected chi connectivity index (χ1v) is 6.11. The Bertz CT molecular complexity index is 358. The van der Waals surface area contributed by atoms with Crippen molar-refractivity contribution in [1.29, 1.82) is 0 Å². The number of allylic oxidation sites excluding steroid dienone is 1. The fourth-order valence-electron chi connectivity index (χ4n) is 1.97. The molecular weight excluding hydrogens is 261 g/mol. The Morgan fingerprint density at radius 3 is 2.37 bits per heavy atom. The lowest BCUT2D eigenvalue weighted by atomic mass is 9.96. The van der Waals surface area contributed by atoms with Gasteiger partial charge in [-0.2, -0.15) is 13.2 Å². The maximum atomic E-state index is 12.2. The van der Waals surface area contributed by atoms with Gasteiger partial charge in [-0.1, -0.05) is 6.08 Å². The van der Waals surface area contributed by atoms with E-state index in [-0.39, 0.29) is 24.9 Å². The summed E-state index contributed by atoms with van der Waals surface area (Å²) in [7, 11) is 0. The summed E-state index contributed by atoms with van der Waals surface area (Å²) in [5, 5.41) is 2.68. The van der Waals surface area contributed by atoms with Gasteiger partial charge in [0.05, 0.1) is 0 Å². The van der Waals surface area contributed by atoms with Crippen molar-refractivity contribution in [2.45, 2.75) is 25.9 Å². The number of carbonyl (C=O) groups is 2. The Labute approximate surface area is 109 Å². The van der Waals surface area contributed by atoms with Crippen LogP contribution in [0, 0.1) is 5.92 Å². The third kappa shape index (κ3) is 4.92. The Balaban J connectivity index is 2.33. The molecule has 0 aliphatic carbocycles. The molecule has 0 saturated carbocycles. The summed E-state index contributed by atoms with van der Waals surface area (Å²) in [6, 6.07) is 0. The molecule has 1 heterocycles. The van der Waals surface area contributed by atoms with E-state index in [1.807, 2.05) is 0 Å². The van der Waals surface area contributed by atoms with E-state index in [1.54, 1.807) is 13.0 Å². The summed E-state index contributed by atoms with van der Waals surface area (Å²) >= 11 is 0. The van der Waals surface area contributed by atoms with Gasteiger partial charge in [0.2, 0.25) is 5.91 Å². The number of alkyl halides is 3. The molecule has 0 bridgehead atoms. The van der Waals surface area contributed by atoms with Gasteiger partial charge >= 0.3 is 12.1 Å². The highest BCUT2D eigenvalue weighted by Gasteiger charge is 2.43. The fourth-order valence-corrected chi connectivity index (χ4v) is 1.97. The molecule has 0 unspecified atom stereocenters. The first kappa shape index (κ1) is 15.5. The minimum absolute atomic E-state index is 0.0858. The van der Waals surface area contributed by atoms with E-state index in [2.05, 4.69) is 5.32 Å². The van der Waals surface area contributed by atoms with Gasteiger partial charge in [-0.3, -0.25) is 9.59 Å². The Kier molecular flexibility index (Phi) is 5.38. The Morgan fingerprint density at radius 1 is 1.32 bits per heavy atom. The molecule has 1 rings (SSSR count). The van der Waals surface area contributed by atoms with Crippen LogP contribution in [0.1, 0.15) is 19.8 Å². The van der Waals surface area contributed by atoms with Gasteiger partial charge in [0.25, 0.3) is 0 Å². The molecule has 1 N–H and O–H groups in total. The number of nitrogens with zero attached hydrogens (tertiary/aromatic N) is 1. The Morgan fingerprint density at radius 2 is 1.89 bits per heavy atom. The normalized spacial score (nSPS) is 17.8. The quantitative estimate of drug-likeness (QED) is 0.795. The predicted octanol–water partition coefficient (Wildman–Crippen LogP) is 1.48. The van der Waals surface area contributed by atoms with Crippen molar-refractivity contribution in [2.75, 3.05) is 19.6 Å². The summed E-state index contributed by atoms with van der Waals surface area (Å²) in [5.74, 6) is -1.87. The maximum Gasteiger partial charge on any atom is 0.471 e. The van der Waals surface area contributed by atoms with E-state index in [0.29, 0.717) is 19.4 Å². The molecule has 1 saturated heterocycles. The average Bonchev–Trinajstić information content (AvgIpc) is 2.35. The molecule has 2 amide bonds. The van der Waals surface area contributed by atoms with Crippen LogP contribution in [-0.2, 0) is 9.59 Å². The topological polar surface area (TPSA) is 49.4 Å². The molecule has 1 aliphatic rings. The SMILES string of the molecule is C/C=C/C(=O)NCC1CCN(C(=O)C(F)(F)F)CC1. The molecule has 0 spiro atoms. The lowest BCUT2D eigenvalue weighted by Crippen LogP contribution is -2.46. The average molecular weight is 278 g/mol. The number of carbonyl (C=O) groups excluding carboxylic acids is 2. The third-order valence-electron chi connectivity index (χ3n) is 3.03. The zero-order valence-electron chi connectivity index (χ0n) is 10.7. The molecule has 0 radical (unpaired) electrons. The van der Waals surface area contributed by atoms with Gasteiger partial charge in [0, 0.05) is 19.6 Å². The van der Waals surface area contributed by atoms with Crippen LogP contribution < -0.4 is 5.32 Å². The van der Waals surface area contributed by atoms with Crippen molar-refractivity contribution in [3.63, 3.8) is 0 Å². The molecule has 0 aromatic carbocycles. The summed E-state index contributed by atoms with van der Waals surface area (Å²) in [4.78, 5) is 23.0. The number of amides is 2. The highest BCUT2D eigenvalue weighted by Crippen LogP contribution is 2.23. The van der Waals surface area contributed by atoms with Crippen LogP contribution in [0.5, 0.6) is 0 Å². The molecule has 0 atom stereocenters. The molecule has 0 aromatic rings. The highest BCUT2D eigenvalue weighted by molar-refractivity contribution is 5.87. The lowest BCUT2D eigenvalue weighted by molar-refractivity contribution is -0.186. The minimum atomic E-state index is -4.80. The molecule has 1 aliphatic heterocycles. The van der Waals surface area contributed by atoms with E-state index < -0.39 is 12.1 Å². The highest BCUT2D eigenvalue weighted by atomic mass is 19.4. The number of piperidine rings is 1. The van der Waals surface area contributed by atoms with E-state index in [4.69, 9.17) is 0 Å². The second kappa shape index (κ2) is 6.58. The van der Waals surface area contributed by atoms with Crippen LogP contribution in [-0.4, -0.2) is 42.5 Å². The van der Waals surface area contributed by atoms with Gasteiger partial charge in [0.1, 0.15) is 0 Å². The first-order chi connectivity index (χ1) is 8.84. The standard InChI is InChI=1S/C12H17F3N2O2/c1-2-3-10(18)16-8-9-4-6-17(7-5-9)11(19)12(13,14)15/h2-3,9H,4-8H2,1H3,(H,16,18)/b3-2+. The van der Waals surface area contributed by atoms with Gasteiger partial charge < -0.3 is 10.2 Å². The predicted molar refractivity (Wildman–Crippen MR) is 63.2 cm³/mol. The van der Waals surface area contributed by atoms with Crippen molar-refractivity contribution in [2.24, 2.45) is 5.92 Å². The summed E-state index contributed by atoms with van der Waals surface area (Å²) in [5.41, 5.74) is 0. The third-order valence-corrected chi connectivity index (χ3v) is 3.03. The van der Waals surface area contributed by atoms with Gasteiger partial charge in [-0.25, -0.2) is 0 Å². The molecule has 7 heteroatoms.